The SMILES string of the molecule is CN(CC(=O)c1ccccc1Br)CC1(O)CCCC1. The van der Waals surface area contributed by atoms with Crippen LogP contribution >= 0.6 is 15.9 Å². The molecule has 0 spiro atoms. The summed E-state index contributed by atoms with van der Waals surface area (Å²) in [6.07, 6.45) is 3.87. The average molecular weight is 326 g/mol. The molecule has 1 aromatic carbocycles. The Labute approximate surface area is 122 Å². The number of rotatable bonds is 5. The summed E-state index contributed by atoms with van der Waals surface area (Å²) in [6, 6.07) is 7.45. The van der Waals surface area contributed by atoms with Crippen LogP contribution in [0.2, 0.25) is 0 Å². The standard InChI is InChI=1S/C15H20BrNO2/c1-17(11-15(19)8-4-5-9-15)10-14(18)12-6-2-3-7-13(12)16/h2-3,6-7,19H,4-5,8-11H2,1H3. The van der Waals surface area contributed by atoms with E-state index >= 15 is 0 Å². The second kappa shape index (κ2) is 6.16. The van der Waals surface area contributed by atoms with E-state index in [1.807, 2.05) is 36.2 Å². The van der Waals surface area contributed by atoms with Crippen LogP contribution in [-0.2, 0) is 0 Å². The number of benzene rings is 1. The molecule has 2 rings (SSSR count). The van der Waals surface area contributed by atoms with Gasteiger partial charge >= 0.3 is 0 Å². The first-order chi connectivity index (χ1) is 9.00. The van der Waals surface area contributed by atoms with Crippen molar-refractivity contribution in [2.75, 3.05) is 20.1 Å². The van der Waals surface area contributed by atoms with E-state index in [4.69, 9.17) is 0 Å². The first-order valence-electron chi connectivity index (χ1n) is 6.69. The highest BCUT2D eigenvalue weighted by atomic mass is 79.9. The minimum atomic E-state index is -0.594. The van der Waals surface area contributed by atoms with E-state index in [1.165, 1.54) is 0 Å². The highest BCUT2D eigenvalue weighted by Crippen LogP contribution is 2.30. The lowest BCUT2D eigenvalue weighted by atomic mass is 10.0. The molecule has 104 valence electrons. The van der Waals surface area contributed by atoms with Crippen LogP contribution in [0.3, 0.4) is 0 Å². The van der Waals surface area contributed by atoms with E-state index in [0.717, 1.165) is 30.2 Å². The van der Waals surface area contributed by atoms with Crippen molar-refractivity contribution in [3.63, 3.8) is 0 Å². The number of ketones is 1. The maximum absolute atomic E-state index is 12.2. The molecule has 4 heteroatoms. The molecule has 1 fully saturated rings. The van der Waals surface area contributed by atoms with Crippen molar-refractivity contribution in [2.24, 2.45) is 0 Å². The predicted octanol–water partition coefficient (Wildman–Crippen LogP) is 2.87. The molecule has 0 amide bonds. The third kappa shape index (κ3) is 3.88. The van der Waals surface area contributed by atoms with E-state index in [2.05, 4.69) is 15.9 Å². The van der Waals surface area contributed by atoms with Crippen LogP contribution < -0.4 is 0 Å². The monoisotopic (exact) mass is 325 g/mol. The highest BCUT2D eigenvalue weighted by Gasteiger charge is 2.32. The van der Waals surface area contributed by atoms with Crippen LogP contribution in [0.25, 0.3) is 0 Å². The number of carbonyl (C=O) groups is 1. The lowest BCUT2D eigenvalue weighted by Gasteiger charge is -2.28. The number of likely N-dealkylation sites (N-methyl/N-ethyl adjacent to an activating group) is 1. The number of hydrogen-bond donors (Lipinski definition) is 1. The summed E-state index contributed by atoms with van der Waals surface area (Å²) in [5.74, 6) is 0.0802. The lowest BCUT2D eigenvalue weighted by molar-refractivity contribution is 0.0172. The van der Waals surface area contributed by atoms with Crippen LogP contribution in [0.15, 0.2) is 28.7 Å². The van der Waals surface area contributed by atoms with Gasteiger partial charge in [0.25, 0.3) is 0 Å². The summed E-state index contributed by atoms with van der Waals surface area (Å²) < 4.78 is 0.827. The molecule has 0 atom stereocenters. The molecule has 1 aliphatic carbocycles. The number of carbonyl (C=O) groups excluding carboxylic acids is 1. The van der Waals surface area contributed by atoms with Crippen molar-refractivity contribution in [1.29, 1.82) is 0 Å². The lowest BCUT2D eigenvalue weighted by Crippen LogP contribution is -2.41. The van der Waals surface area contributed by atoms with Crippen molar-refractivity contribution >= 4 is 21.7 Å². The molecular weight excluding hydrogens is 306 g/mol. The molecule has 1 aromatic rings. The van der Waals surface area contributed by atoms with E-state index < -0.39 is 5.60 Å². The van der Waals surface area contributed by atoms with Gasteiger partial charge in [-0.25, -0.2) is 0 Å². The number of aliphatic hydroxyl groups is 1. The Hall–Kier alpha value is -0.710. The zero-order chi connectivity index (χ0) is 13.9. The largest absolute Gasteiger partial charge is 0.389 e. The maximum atomic E-state index is 12.2. The Balaban J connectivity index is 1.94. The van der Waals surface area contributed by atoms with Gasteiger partial charge in [0.05, 0.1) is 12.1 Å². The minimum absolute atomic E-state index is 0.0802. The fourth-order valence-corrected chi connectivity index (χ4v) is 3.27. The fraction of sp³-hybridized carbons (Fsp3) is 0.533. The molecule has 0 saturated heterocycles. The third-order valence-corrected chi connectivity index (χ3v) is 4.38. The minimum Gasteiger partial charge on any atom is -0.389 e. The van der Waals surface area contributed by atoms with Gasteiger partial charge in [-0.3, -0.25) is 9.69 Å². The molecule has 0 aliphatic heterocycles. The summed E-state index contributed by atoms with van der Waals surface area (Å²) in [7, 11) is 1.89. The van der Waals surface area contributed by atoms with Gasteiger partial charge < -0.3 is 5.11 Å². The van der Waals surface area contributed by atoms with Crippen LogP contribution in [0.1, 0.15) is 36.0 Å². The molecule has 1 aliphatic rings. The summed E-state index contributed by atoms with van der Waals surface area (Å²) in [4.78, 5) is 14.1. The molecule has 0 radical (unpaired) electrons. The number of Topliss-reactive ketones (excluding diaryl/α,β-unsaturated/α-hetero) is 1. The molecule has 0 bridgehead atoms. The first kappa shape index (κ1) is 14.7. The average Bonchev–Trinajstić information content (AvgIpc) is 2.75. The zero-order valence-electron chi connectivity index (χ0n) is 11.2. The summed E-state index contributed by atoms with van der Waals surface area (Å²) in [5, 5.41) is 10.3. The van der Waals surface area contributed by atoms with Crippen molar-refractivity contribution in [3.8, 4) is 0 Å². The Morgan fingerprint density at radius 2 is 2.00 bits per heavy atom. The molecule has 0 aromatic heterocycles. The van der Waals surface area contributed by atoms with Gasteiger partial charge in [-0.05, 0) is 26.0 Å². The predicted molar refractivity (Wildman–Crippen MR) is 79.4 cm³/mol. The Morgan fingerprint density at radius 3 is 2.63 bits per heavy atom. The summed E-state index contributed by atoms with van der Waals surface area (Å²) in [5.41, 5.74) is 0.107. The molecule has 1 saturated carbocycles. The second-order valence-corrected chi connectivity index (χ2v) is 6.36. The Bertz CT molecular complexity index is 455. The Morgan fingerprint density at radius 1 is 1.37 bits per heavy atom. The molecule has 19 heavy (non-hydrogen) atoms. The first-order valence-corrected chi connectivity index (χ1v) is 7.48. The van der Waals surface area contributed by atoms with Gasteiger partial charge in [0.1, 0.15) is 0 Å². The highest BCUT2D eigenvalue weighted by molar-refractivity contribution is 9.10. The quantitative estimate of drug-likeness (QED) is 0.846. The van der Waals surface area contributed by atoms with Gasteiger partial charge in [-0.15, -0.1) is 0 Å². The van der Waals surface area contributed by atoms with Gasteiger partial charge in [-0.2, -0.15) is 0 Å². The third-order valence-electron chi connectivity index (χ3n) is 3.69. The van der Waals surface area contributed by atoms with E-state index in [1.54, 1.807) is 0 Å². The summed E-state index contributed by atoms with van der Waals surface area (Å²) >= 11 is 3.40. The van der Waals surface area contributed by atoms with Crippen molar-refractivity contribution in [1.82, 2.24) is 4.90 Å². The van der Waals surface area contributed by atoms with Gasteiger partial charge in [0, 0.05) is 16.6 Å². The van der Waals surface area contributed by atoms with Gasteiger partial charge in [0.2, 0.25) is 0 Å². The smallest absolute Gasteiger partial charge is 0.177 e. The van der Waals surface area contributed by atoms with Crippen molar-refractivity contribution in [2.45, 2.75) is 31.3 Å². The van der Waals surface area contributed by atoms with Crippen LogP contribution in [0.5, 0.6) is 0 Å². The molecule has 0 heterocycles. The normalized spacial score (nSPS) is 17.9. The van der Waals surface area contributed by atoms with Crippen molar-refractivity contribution in [3.05, 3.63) is 34.3 Å². The number of halogens is 1. The van der Waals surface area contributed by atoms with E-state index in [9.17, 15) is 9.90 Å². The maximum Gasteiger partial charge on any atom is 0.177 e. The Kier molecular flexibility index (Phi) is 4.76. The second-order valence-electron chi connectivity index (χ2n) is 5.51. The van der Waals surface area contributed by atoms with Crippen molar-refractivity contribution < 1.29 is 9.90 Å². The van der Waals surface area contributed by atoms with Crippen LogP contribution in [-0.4, -0.2) is 41.5 Å². The van der Waals surface area contributed by atoms with E-state index in [0.29, 0.717) is 18.7 Å². The molecule has 3 nitrogen and oxygen atoms in total. The number of hydrogen-bond acceptors (Lipinski definition) is 3. The zero-order valence-corrected chi connectivity index (χ0v) is 12.8. The molecule has 0 unspecified atom stereocenters. The van der Waals surface area contributed by atoms with E-state index in [-0.39, 0.29) is 5.78 Å². The van der Waals surface area contributed by atoms with Gasteiger partial charge in [0.15, 0.2) is 5.78 Å². The van der Waals surface area contributed by atoms with Gasteiger partial charge in [-0.1, -0.05) is 47.0 Å². The topological polar surface area (TPSA) is 40.5 Å². The van der Waals surface area contributed by atoms with Crippen LogP contribution in [0, 0.1) is 0 Å². The molecule has 1 N–H and O–H groups in total. The summed E-state index contributed by atoms with van der Waals surface area (Å²) in [6.45, 7) is 0.911. The molecular formula is C15H20BrNO2. The fourth-order valence-electron chi connectivity index (χ4n) is 2.77. The van der Waals surface area contributed by atoms with Crippen LogP contribution in [0.4, 0.5) is 0 Å². The number of nitrogens with zero attached hydrogens (tertiary/aromatic N) is 1.